The Kier molecular flexibility index (Phi) is 6.29. The summed E-state index contributed by atoms with van der Waals surface area (Å²) in [4.78, 5) is 11.6. The van der Waals surface area contributed by atoms with Gasteiger partial charge in [0.25, 0.3) is 0 Å². The Morgan fingerprint density at radius 2 is 2.05 bits per heavy atom. The molecule has 0 amide bonds. The van der Waals surface area contributed by atoms with Crippen LogP contribution in [0.15, 0.2) is 18.2 Å². The van der Waals surface area contributed by atoms with Crippen molar-refractivity contribution in [3.05, 3.63) is 29.6 Å². The standard InChI is InChI=1S/C14H20FNO3/c1-10(2)5-6-18-7-8-19-14(17)11-3-4-13(16)12(15)9-11/h3-4,9-10H,5-8,16H2,1-2H3. The van der Waals surface area contributed by atoms with Crippen molar-refractivity contribution in [3.8, 4) is 0 Å². The van der Waals surface area contributed by atoms with Crippen molar-refractivity contribution in [3.63, 3.8) is 0 Å². The molecule has 0 bridgehead atoms. The highest BCUT2D eigenvalue weighted by atomic mass is 19.1. The molecule has 106 valence electrons. The molecule has 4 nitrogen and oxygen atoms in total. The van der Waals surface area contributed by atoms with Crippen LogP contribution >= 0.6 is 0 Å². The summed E-state index contributed by atoms with van der Waals surface area (Å²) in [7, 11) is 0. The first-order valence-corrected chi connectivity index (χ1v) is 6.30. The molecule has 0 fully saturated rings. The molecule has 2 N–H and O–H groups in total. The summed E-state index contributed by atoms with van der Waals surface area (Å²) in [5, 5.41) is 0. The van der Waals surface area contributed by atoms with Crippen LogP contribution in [0.1, 0.15) is 30.6 Å². The van der Waals surface area contributed by atoms with Crippen LogP contribution < -0.4 is 5.73 Å². The molecule has 0 spiro atoms. The maximum absolute atomic E-state index is 13.1. The quantitative estimate of drug-likeness (QED) is 0.469. The number of esters is 1. The first kappa shape index (κ1) is 15.4. The fraction of sp³-hybridized carbons (Fsp3) is 0.500. The summed E-state index contributed by atoms with van der Waals surface area (Å²) in [5.74, 6) is -0.616. The maximum atomic E-state index is 13.1. The Bertz CT molecular complexity index is 421. The second-order valence-corrected chi connectivity index (χ2v) is 4.67. The lowest BCUT2D eigenvalue weighted by molar-refractivity contribution is 0.0303. The minimum atomic E-state index is -0.623. The zero-order valence-electron chi connectivity index (χ0n) is 11.3. The minimum Gasteiger partial charge on any atom is -0.460 e. The zero-order chi connectivity index (χ0) is 14.3. The number of hydrogen-bond donors (Lipinski definition) is 1. The van der Waals surface area contributed by atoms with E-state index in [1.165, 1.54) is 12.1 Å². The first-order valence-electron chi connectivity index (χ1n) is 6.30. The summed E-state index contributed by atoms with van der Waals surface area (Å²) in [6, 6.07) is 3.84. The number of benzene rings is 1. The minimum absolute atomic E-state index is 0.00793. The fourth-order valence-corrected chi connectivity index (χ4v) is 1.35. The van der Waals surface area contributed by atoms with E-state index >= 15 is 0 Å². The molecule has 0 unspecified atom stereocenters. The highest BCUT2D eigenvalue weighted by Gasteiger charge is 2.09. The van der Waals surface area contributed by atoms with Gasteiger partial charge in [-0.1, -0.05) is 13.8 Å². The largest absolute Gasteiger partial charge is 0.460 e. The van der Waals surface area contributed by atoms with Crippen LogP contribution in [0.4, 0.5) is 10.1 Å². The molecule has 0 aliphatic carbocycles. The van der Waals surface area contributed by atoms with E-state index in [1.54, 1.807) is 0 Å². The molecule has 5 heteroatoms. The van der Waals surface area contributed by atoms with Crippen LogP contribution in [0.2, 0.25) is 0 Å². The number of rotatable bonds is 7. The zero-order valence-corrected chi connectivity index (χ0v) is 11.3. The van der Waals surface area contributed by atoms with Crippen LogP contribution in [0, 0.1) is 11.7 Å². The van der Waals surface area contributed by atoms with Crippen molar-refractivity contribution in [2.45, 2.75) is 20.3 Å². The average molecular weight is 269 g/mol. The Labute approximate surface area is 112 Å². The van der Waals surface area contributed by atoms with Gasteiger partial charge in [-0.05, 0) is 30.5 Å². The monoisotopic (exact) mass is 269 g/mol. The number of hydrogen-bond acceptors (Lipinski definition) is 4. The Balaban J connectivity index is 2.26. The SMILES string of the molecule is CC(C)CCOCCOC(=O)c1ccc(N)c(F)c1. The fourth-order valence-electron chi connectivity index (χ4n) is 1.35. The molecular weight excluding hydrogens is 249 g/mol. The number of nitrogen functional groups attached to an aromatic ring is 1. The van der Waals surface area contributed by atoms with Gasteiger partial charge in [0.1, 0.15) is 12.4 Å². The third-order valence-corrected chi connectivity index (χ3v) is 2.54. The molecule has 0 saturated carbocycles. The van der Waals surface area contributed by atoms with Gasteiger partial charge >= 0.3 is 5.97 Å². The number of nitrogens with two attached hydrogens (primary N) is 1. The Morgan fingerprint density at radius 3 is 2.68 bits per heavy atom. The van der Waals surface area contributed by atoms with Gasteiger partial charge < -0.3 is 15.2 Å². The van der Waals surface area contributed by atoms with Crippen LogP contribution in [-0.4, -0.2) is 25.8 Å². The molecule has 0 aliphatic rings. The van der Waals surface area contributed by atoms with Gasteiger partial charge in [-0.3, -0.25) is 0 Å². The van der Waals surface area contributed by atoms with Gasteiger partial charge in [-0.25, -0.2) is 9.18 Å². The van der Waals surface area contributed by atoms with E-state index in [1.807, 2.05) is 0 Å². The number of halogens is 1. The molecular formula is C14H20FNO3. The third-order valence-electron chi connectivity index (χ3n) is 2.54. The number of carbonyl (C=O) groups is 1. The average Bonchev–Trinajstić information content (AvgIpc) is 2.36. The Morgan fingerprint density at radius 1 is 1.32 bits per heavy atom. The second kappa shape index (κ2) is 7.74. The molecule has 19 heavy (non-hydrogen) atoms. The van der Waals surface area contributed by atoms with E-state index in [-0.39, 0.29) is 17.9 Å². The summed E-state index contributed by atoms with van der Waals surface area (Å²) >= 11 is 0. The summed E-state index contributed by atoms with van der Waals surface area (Å²) in [6.45, 7) is 5.36. The smallest absolute Gasteiger partial charge is 0.338 e. The van der Waals surface area contributed by atoms with Gasteiger partial charge in [0.05, 0.1) is 17.9 Å². The van der Waals surface area contributed by atoms with E-state index in [0.717, 1.165) is 12.5 Å². The van der Waals surface area contributed by atoms with Crippen molar-refractivity contribution in [1.82, 2.24) is 0 Å². The predicted molar refractivity (Wildman–Crippen MR) is 71.4 cm³/mol. The van der Waals surface area contributed by atoms with Crippen LogP contribution in [0.25, 0.3) is 0 Å². The summed E-state index contributed by atoms with van der Waals surface area (Å²) < 4.78 is 23.4. The molecule has 1 aromatic carbocycles. The van der Waals surface area contributed by atoms with Crippen LogP contribution in [-0.2, 0) is 9.47 Å². The van der Waals surface area contributed by atoms with E-state index in [9.17, 15) is 9.18 Å². The normalized spacial score (nSPS) is 10.7. The van der Waals surface area contributed by atoms with Crippen molar-refractivity contribution < 1.29 is 18.7 Å². The second-order valence-electron chi connectivity index (χ2n) is 4.67. The molecule has 0 saturated heterocycles. The molecule has 1 rings (SSSR count). The lowest BCUT2D eigenvalue weighted by atomic mass is 10.1. The summed E-state index contributed by atoms with van der Waals surface area (Å²) in [5.41, 5.74) is 5.48. The van der Waals surface area contributed by atoms with Crippen molar-refractivity contribution in [2.75, 3.05) is 25.6 Å². The van der Waals surface area contributed by atoms with E-state index in [2.05, 4.69) is 13.8 Å². The lowest BCUT2D eigenvalue weighted by Gasteiger charge is -2.08. The van der Waals surface area contributed by atoms with Gasteiger partial charge in [0, 0.05) is 6.61 Å². The van der Waals surface area contributed by atoms with Gasteiger partial charge in [-0.15, -0.1) is 0 Å². The molecule has 0 aromatic heterocycles. The van der Waals surface area contributed by atoms with Gasteiger partial charge in [0.2, 0.25) is 0 Å². The molecule has 0 aliphatic heterocycles. The topological polar surface area (TPSA) is 61.5 Å². The first-order chi connectivity index (χ1) is 9.00. The lowest BCUT2D eigenvalue weighted by Crippen LogP contribution is -2.12. The van der Waals surface area contributed by atoms with E-state index in [0.29, 0.717) is 19.1 Å². The molecule has 0 heterocycles. The van der Waals surface area contributed by atoms with Crippen molar-refractivity contribution >= 4 is 11.7 Å². The molecule has 1 aromatic rings. The highest BCUT2D eigenvalue weighted by Crippen LogP contribution is 2.12. The Hall–Kier alpha value is -1.62. The van der Waals surface area contributed by atoms with Crippen LogP contribution in [0.5, 0.6) is 0 Å². The number of anilines is 1. The van der Waals surface area contributed by atoms with Crippen molar-refractivity contribution in [1.29, 1.82) is 0 Å². The molecule has 0 radical (unpaired) electrons. The maximum Gasteiger partial charge on any atom is 0.338 e. The molecule has 0 atom stereocenters. The third kappa shape index (κ3) is 5.70. The van der Waals surface area contributed by atoms with E-state index in [4.69, 9.17) is 15.2 Å². The summed E-state index contributed by atoms with van der Waals surface area (Å²) in [6.07, 6.45) is 0.969. The highest BCUT2D eigenvalue weighted by molar-refractivity contribution is 5.89. The van der Waals surface area contributed by atoms with Crippen molar-refractivity contribution in [2.24, 2.45) is 5.92 Å². The van der Waals surface area contributed by atoms with Crippen LogP contribution in [0.3, 0.4) is 0 Å². The predicted octanol–water partition coefficient (Wildman–Crippen LogP) is 2.63. The van der Waals surface area contributed by atoms with Gasteiger partial charge in [0.15, 0.2) is 0 Å². The number of ether oxygens (including phenoxy) is 2. The number of carbonyl (C=O) groups excluding carboxylic acids is 1. The van der Waals surface area contributed by atoms with E-state index < -0.39 is 11.8 Å². The van der Waals surface area contributed by atoms with Gasteiger partial charge in [-0.2, -0.15) is 0 Å².